The van der Waals surface area contributed by atoms with Crippen molar-refractivity contribution in [2.45, 2.75) is 53.0 Å². The smallest absolute Gasteiger partial charge is 0.159 e. The molecule has 0 radical (unpaired) electrons. The van der Waals surface area contributed by atoms with Crippen molar-refractivity contribution in [3.63, 3.8) is 0 Å². The standard InChI is InChI=1S/C24H28N2OS/c1-4-5-8-24-25-16-22(14-18(2)15-23-7-6-13-28-23)26(24)17-20-9-11-21(12-10-20)19(3)27/h6-7,9-14,16H,4-5,8,15,17H2,1-3H3/b18-14-. The van der Waals surface area contributed by atoms with Crippen LogP contribution in [0.5, 0.6) is 0 Å². The van der Waals surface area contributed by atoms with Gasteiger partial charge in [0, 0.05) is 29.8 Å². The van der Waals surface area contributed by atoms with Crippen molar-refractivity contribution in [1.29, 1.82) is 0 Å². The Morgan fingerprint density at radius 2 is 1.96 bits per heavy atom. The van der Waals surface area contributed by atoms with E-state index in [1.165, 1.54) is 16.0 Å². The van der Waals surface area contributed by atoms with Gasteiger partial charge in [0.1, 0.15) is 5.82 Å². The van der Waals surface area contributed by atoms with Crippen LogP contribution in [0.3, 0.4) is 0 Å². The first-order chi connectivity index (χ1) is 13.6. The molecular weight excluding hydrogens is 364 g/mol. The molecule has 0 fully saturated rings. The zero-order valence-corrected chi connectivity index (χ0v) is 17.8. The minimum Gasteiger partial charge on any atom is -0.324 e. The maximum atomic E-state index is 11.5. The summed E-state index contributed by atoms with van der Waals surface area (Å²) in [6, 6.07) is 12.2. The van der Waals surface area contributed by atoms with Crippen LogP contribution in [0, 0.1) is 0 Å². The number of Topliss-reactive ketones (excluding diaryl/α,β-unsaturated/α-hetero) is 1. The number of ketones is 1. The lowest BCUT2D eigenvalue weighted by molar-refractivity contribution is 0.101. The first-order valence-electron chi connectivity index (χ1n) is 9.90. The molecule has 2 heterocycles. The molecule has 0 atom stereocenters. The Hall–Kier alpha value is -2.46. The third-order valence-electron chi connectivity index (χ3n) is 4.85. The van der Waals surface area contributed by atoms with E-state index in [9.17, 15) is 4.79 Å². The van der Waals surface area contributed by atoms with Crippen molar-refractivity contribution in [3.05, 3.63) is 81.1 Å². The summed E-state index contributed by atoms with van der Waals surface area (Å²) in [4.78, 5) is 17.6. The lowest BCUT2D eigenvalue weighted by atomic mass is 10.1. The molecule has 4 heteroatoms. The molecule has 3 nitrogen and oxygen atoms in total. The van der Waals surface area contributed by atoms with Gasteiger partial charge in [0.05, 0.1) is 11.9 Å². The highest BCUT2D eigenvalue weighted by Crippen LogP contribution is 2.19. The first kappa shape index (κ1) is 20.3. The maximum Gasteiger partial charge on any atom is 0.159 e. The van der Waals surface area contributed by atoms with Crippen LogP contribution in [0.2, 0.25) is 0 Å². The zero-order valence-electron chi connectivity index (χ0n) is 16.9. The van der Waals surface area contributed by atoms with Crippen molar-refractivity contribution in [2.75, 3.05) is 0 Å². The van der Waals surface area contributed by atoms with Gasteiger partial charge in [-0.05, 0) is 43.4 Å². The first-order valence-corrected chi connectivity index (χ1v) is 10.8. The SMILES string of the molecule is CCCCc1ncc(/C=C(/C)Cc2cccs2)n1Cc1ccc(C(C)=O)cc1. The maximum absolute atomic E-state index is 11.5. The van der Waals surface area contributed by atoms with Gasteiger partial charge < -0.3 is 4.57 Å². The highest BCUT2D eigenvalue weighted by Gasteiger charge is 2.10. The summed E-state index contributed by atoms with van der Waals surface area (Å²) in [7, 11) is 0. The van der Waals surface area contributed by atoms with Gasteiger partial charge in [-0.2, -0.15) is 0 Å². The highest BCUT2D eigenvalue weighted by atomic mass is 32.1. The Labute approximate surface area is 171 Å². The Bertz CT molecular complexity index is 934. The Kier molecular flexibility index (Phi) is 6.99. The van der Waals surface area contributed by atoms with E-state index in [-0.39, 0.29) is 5.78 Å². The lowest BCUT2D eigenvalue weighted by Crippen LogP contribution is -2.08. The van der Waals surface area contributed by atoms with Crippen LogP contribution in [0.4, 0.5) is 0 Å². The van der Waals surface area contributed by atoms with Crippen LogP contribution >= 0.6 is 11.3 Å². The largest absolute Gasteiger partial charge is 0.324 e. The molecule has 0 amide bonds. The number of thiophene rings is 1. The van der Waals surface area contributed by atoms with Gasteiger partial charge in [0.2, 0.25) is 0 Å². The number of unbranched alkanes of at least 4 members (excludes halogenated alkanes) is 1. The van der Waals surface area contributed by atoms with Crippen LogP contribution in [-0.2, 0) is 19.4 Å². The number of aromatic nitrogens is 2. The van der Waals surface area contributed by atoms with Crippen LogP contribution in [0.25, 0.3) is 6.08 Å². The number of imidazole rings is 1. The van der Waals surface area contributed by atoms with Crippen LogP contribution < -0.4 is 0 Å². The van der Waals surface area contributed by atoms with Crippen LogP contribution in [0.15, 0.2) is 53.5 Å². The minimum atomic E-state index is 0.102. The van der Waals surface area contributed by atoms with Crippen molar-refractivity contribution < 1.29 is 4.79 Å². The number of aryl methyl sites for hydroxylation is 1. The Morgan fingerprint density at radius 1 is 1.18 bits per heavy atom. The minimum absolute atomic E-state index is 0.102. The molecule has 0 aliphatic rings. The predicted octanol–water partition coefficient (Wildman–Crippen LogP) is 6.18. The Balaban J connectivity index is 1.86. The molecule has 3 rings (SSSR count). The normalized spacial score (nSPS) is 11.8. The fourth-order valence-electron chi connectivity index (χ4n) is 3.28. The summed E-state index contributed by atoms with van der Waals surface area (Å²) in [5.41, 5.74) is 4.42. The quantitative estimate of drug-likeness (QED) is 0.407. The summed E-state index contributed by atoms with van der Waals surface area (Å²) >= 11 is 1.80. The monoisotopic (exact) mass is 392 g/mol. The van der Waals surface area contributed by atoms with E-state index < -0.39 is 0 Å². The lowest BCUT2D eigenvalue weighted by Gasteiger charge is -2.12. The van der Waals surface area contributed by atoms with E-state index in [4.69, 9.17) is 4.98 Å². The molecule has 0 spiro atoms. The van der Waals surface area contributed by atoms with Gasteiger partial charge in [-0.1, -0.05) is 49.2 Å². The molecular formula is C24H28N2OS. The molecule has 0 unspecified atom stereocenters. The van der Waals surface area contributed by atoms with Gasteiger partial charge in [0.15, 0.2) is 5.78 Å². The third-order valence-corrected chi connectivity index (χ3v) is 5.73. The molecule has 0 saturated carbocycles. The molecule has 0 N–H and O–H groups in total. The molecule has 0 aliphatic heterocycles. The number of rotatable bonds is 9. The molecule has 0 bridgehead atoms. The summed E-state index contributed by atoms with van der Waals surface area (Å²) in [5, 5.41) is 2.13. The average Bonchev–Trinajstić information content (AvgIpc) is 3.31. The second-order valence-electron chi connectivity index (χ2n) is 7.29. The van der Waals surface area contributed by atoms with Gasteiger partial charge in [-0.15, -0.1) is 11.3 Å². The number of hydrogen-bond acceptors (Lipinski definition) is 3. The van der Waals surface area contributed by atoms with E-state index in [2.05, 4.69) is 42.0 Å². The van der Waals surface area contributed by atoms with Crippen molar-refractivity contribution in [3.8, 4) is 0 Å². The number of carbonyl (C=O) groups is 1. The van der Waals surface area contributed by atoms with Crippen LogP contribution in [-0.4, -0.2) is 15.3 Å². The van der Waals surface area contributed by atoms with E-state index in [0.717, 1.165) is 49.3 Å². The predicted molar refractivity (Wildman–Crippen MR) is 118 cm³/mol. The second-order valence-corrected chi connectivity index (χ2v) is 8.32. The second kappa shape index (κ2) is 9.65. The fraction of sp³-hybridized carbons (Fsp3) is 0.333. The number of nitrogens with zero attached hydrogens (tertiary/aromatic N) is 2. The average molecular weight is 393 g/mol. The van der Waals surface area contributed by atoms with Crippen molar-refractivity contribution >= 4 is 23.2 Å². The van der Waals surface area contributed by atoms with Gasteiger partial charge >= 0.3 is 0 Å². The molecule has 2 aromatic heterocycles. The molecule has 0 aliphatic carbocycles. The van der Waals surface area contributed by atoms with Crippen molar-refractivity contribution in [2.24, 2.45) is 0 Å². The molecule has 28 heavy (non-hydrogen) atoms. The Morgan fingerprint density at radius 3 is 2.61 bits per heavy atom. The van der Waals surface area contributed by atoms with Gasteiger partial charge in [-0.25, -0.2) is 4.98 Å². The van der Waals surface area contributed by atoms with Crippen molar-refractivity contribution in [1.82, 2.24) is 9.55 Å². The van der Waals surface area contributed by atoms with E-state index in [1.807, 2.05) is 30.5 Å². The van der Waals surface area contributed by atoms with Crippen LogP contribution in [0.1, 0.15) is 65.9 Å². The summed E-state index contributed by atoms with van der Waals surface area (Å²) in [6.45, 7) is 6.77. The van der Waals surface area contributed by atoms with E-state index >= 15 is 0 Å². The fourth-order valence-corrected chi connectivity index (χ4v) is 4.08. The summed E-state index contributed by atoms with van der Waals surface area (Å²) in [6.07, 6.45) is 8.50. The zero-order chi connectivity index (χ0) is 19.9. The van der Waals surface area contributed by atoms with Gasteiger partial charge in [0.25, 0.3) is 0 Å². The summed E-state index contributed by atoms with van der Waals surface area (Å²) < 4.78 is 2.32. The highest BCUT2D eigenvalue weighted by molar-refractivity contribution is 7.09. The number of allylic oxidation sites excluding steroid dienone is 1. The molecule has 3 aromatic rings. The molecule has 1 aromatic carbocycles. The topological polar surface area (TPSA) is 34.9 Å². The number of benzene rings is 1. The van der Waals surface area contributed by atoms with E-state index in [0.29, 0.717) is 0 Å². The number of hydrogen-bond donors (Lipinski definition) is 0. The van der Waals surface area contributed by atoms with E-state index in [1.54, 1.807) is 18.3 Å². The molecule has 0 saturated heterocycles. The number of carbonyl (C=O) groups excluding carboxylic acids is 1. The third kappa shape index (κ3) is 5.29. The summed E-state index contributed by atoms with van der Waals surface area (Å²) in [5.74, 6) is 1.23. The van der Waals surface area contributed by atoms with Gasteiger partial charge in [-0.3, -0.25) is 4.79 Å². The molecule has 146 valence electrons.